The van der Waals surface area contributed by atoms with Gasteiger partial charge in [0.1, 0.15) is 11.5 Å². The van der Waals surface area contributed by atoms with Crippen LogP contribution in [0.3, 0.4) is 0 Å². The van der Waals surface area contributed by atoms with Crippen molar-refractivity contribution in [3.63, 3.8) is 0 Å². The van der Waals surface area contributed by atoms with Gasteiger partial charge < -0.3 is 20.1 Å². The molecule has 3 N–H and O–H groups in total. The maximum absolute atomic E-state index is 11.7. The molecule has 2 aromatic rings. The molecule has 0 fully saturated rings. The van der Waals surface area contributed by atoms with E-state index in [1.54, 1.807) is 0 Å². The van der Waals surface area contributed by atoms with Gasteiger partial charge in [0.2, 0.25) is 5.89 Å². The molecule has 0 saturated heterocycles. The molecule has 1 aromatic heterocycles. The minimum absolute atomic E-state index is 0.169. The second-order valence-electron chi connectivity index (χ2n) is 3.58. The highest BCUT2D eigenvalue weighted by molar-refractivity contribution is 5.95. The molecule has 0 saturated carbocycles. The van der Waals surface area contributed by atoms with Crippen LogP contribution in [0.2, 0.25) is 0 Å². The SMILES string of the molecule is O=C(NCCc1ncno1)c1cc(O)cc(O)c1. The quantitative estimate of drug-likeness (QED) is 0.726. The average molecular weight is 249 g/mol. The monoisotopic (exact) mass is 249 g/mol. The van der Waals surface area contributed by atoms with Gasteiger partial charge >= 0.3 is 0 Å². The third-order valence-corrected chi connectivity index (χ3v) is 2.20. The zero-order valence-corrected chi connectivity index (χ0v) is 9.33. The number of nitrogens with zero attached hydrogens (tertiary/aromatic N) is 2. The minimum atomic E-state index is -0.402. The predicted octanol–water partition coefficient (Wildman–Crippen LogP) is 0.453. The summed E-state index contributed by atoms with van der Waals surface area (Å²) in [6.07, 6.45) is 1.70. The summed E-state index contributed by atoms with van der Waals surface area (Å²) >= 11 is 0. The molecule has 0 radical (unpaired) electrons. The Hall–Kier alpha value is -2.57. The van der Waals surface area contributed by atoms with E-state index >= 15 is 0 Å². The van der Waals surface area contributed by atoms with Gasteiger partial charge in [0.15, 0.2) is 6.33 Å². The van der Waals surface area contributed by atoms with Gasteiger partial charge in [-0.3, -0.25) is 4.79 Å². The number of aromatic nitrogens is 2. The van der Waals surface area contributed by atoms with Crippen LogP contribution in [0.4, 0.5) is 0 Å². The Bertz CT molecular complexity index is 519. The van der Waals surface area contributed by atoms with Crippen molar-refractivity contribution in [2.75, 3.05) is 6.54 Å². The van der Waals surface area contributed by atoms with E-state index in [1.165, 1.54) is 18.5 Å². The molecule has 1 aromatic carbocycles. The first-order valence-electron chi connectivity index (χ1n) is 5.22. The van der Waals surface area contributed by atoms with Crippen LogP contribution in [0.5, 0.6) is 11.5 Å². The Morgan fingerprint density at radius 3 is 2.61 bits per heavy atom. The Balaban J connectivity index is 1.91. The summed E-state index contributed by atoms with van der Waals surface area (Å²) in [6, 6.07) is 3.68. The molecule has 1 amide bonds. The van der Waals surface area contributed by atoms with Gasteiger partial charge in [-0.05, 0) is 12.1 Å². The number of phenolic OH excluding ortho intramolecular Hbond substituents is 2. The lowest BCUT2D eigenvalue weighted by atomic mass is 10.2. The first-order chi connectivity index (χ1) is 8.65. The Morgan fingerprint density at radius 2 is 2.00 bits per heavy atom. The molecule has 7 nitrogen and oxygen atoms in total. The highest BCUT2D eigenvalue weighted by Gasteiger charge is 2.08. The molecule has 18 heavy (non-hydrogen) atoms. The van der Waals surface area contributed by atoms with Gasteiger partial charge in [-0.1, -0.05) is 5.16 Å². The highest BCUT2D eigenvalue weighted by Crippen LogP contribution is 2.20. The fraction of sp³-hybridized carbons (Fsp3) is 0.182. The summed E-state index contributed by atoms with van der Waals surface area (Å²) in [5.41, 5.74) is 0.179. The van der Waals surface area contributed by atoms with E-state index in [1.807, 2.05) is 0 Å². The lowest BCUT2D eigenvalue weighted by Gasteiger charge is -2.04. The van der Waals surface area contributed by atoms with E-state index in [-0.39, 0.29) is 17.1 Å². The molecule has 0 aliphatic rings. The summed E-state index contributed by atoms with van der Waals surface area (Å²) in [7, 11) is 0. The zero-order valence-electron chi connectivity index (χ0n) is 9.33. The van der Waals surface area contributed by atoms with Crippen LogP contribution in [0.25, 0.3) is 0 Å². The number of benzene rings is 1. The average Bonchev–Trinajstić information content (AvgIpc) is 2.80. The van der Waals surface area contributed by atoms with E-state index in [0.717, 1.165) is 6.07 Å². The maximum Gasteiger partial charge on any atom is 0.251 e. The van der Waals surface area contributed by atoms with Crippen molar-refractivity contribution in [2.45, 2.75) is 6.42 Å². The molecular formula is C11H11N3O4. The fourth-order valence-electron chi connectivity index (χ4n) is 1.42. The number of hydrogen-bond acceptors (Lipinski definition) is 6. The van der Waals surface area contributed by atoms with Crippen LogP contribution in [-0.4, -0.2) is 32.8 Å². The van der Waals surface area contributed by atoms with Crippen LogP contribution in [-0.2, 0) is 6.42 Å². The number of hydrogen-bond donors (Lipinski definition) is 3. The number of amides is 1. The standard InChI is InChI=1S/C11H11N3O4/c15-8-3-7(4-9(16)5-8)11(17)12-2-1-10-13-6-14-18-10/h3-6,15-16H,1-2H2,(H,12,17). The van der Waals surface area contributed by atoms with Crippen molar-refractivity contribution in [1.82, 2.24) is 15.5 Å². The number of aromatic hydroxyl groups is 2. The molecule has 0 atom stereocenters. The van der Waals surface area contributed by atoms with E-state index in [9.17, 15) is 15.0 Å². The fourth-order valence-corrected chi connectivity index (χ4v) is 1.42. The second-order valence-corrected chi connectivity index (χ2v) is 3.58. The molecule has 1 heterocycles. The van der Waals surface area contributed by atoms with Crippen molar-refractivity contribution in [3.05, 3.63) is 36.0 Å². The summed E-state index contributed by atoms with van der Waals surface area (Å²) in [5, 5.41) is 24.5. The third-order valence-electron chi connectivity index (χ3n) is 2.20. The molecule has 0 aliphatic heterocycles. The highest BCUT2D eigenvalue weighted by atomic mass is 16.5. The smallest absolute Gasteiger partial charge is 0.251 e. The maximum atomic E-state index is 11.7. The molecule has 0 bridgehead atoms. The molecule has 7 heteroatoms. The minimum Gasteiger partial charge on any atom is -0.508 e. The van der Waals surface area contributed by atoms with E-state index in [0.29, 0.717) is 18.9 Å². The summed E-state index contributed by atoms with van der Waals surface area (Å²) in [5.74, 6) is -0.316. The molecule has 2 rings (SSSR count). The van der Waals surface area contributed by atoms with Gasteiger partial charge in [-0.2, -0.15) is 4.98 Å². The first kappa shape index (κ1) is 11.9. The van der Waals surface area contributed by atoms with Crippen LogP contribution < -0.4 is 5.32 Å². The number of nitrogens with one attached hydrogen (secondary N) is 1. The Morgan fingerprint density at radius 1 is 1.28 bits per heavy atom. The number of rotatable bonds is 4. The summed E-state index contributed by atoms with van der Waals surface area (Å²) in [4.78, 5) is 15.5. The summed E-state index contributed by atoms with van der Waals surface area (Å²) < 4.78 is 4.77. The Kier molecular flexibility index (Phi) is 3.42. The van der Waals surface area contributed by atoms with Crippen molar-refractivity contribution in [3.8, 4) is 11.5 Å². The van der Waals surface area contributed by atoms with Gasteiger partial charge in [0, 0.05) is 24.6 Å². The molecule has 94 valence electrons. The van der Waals surface area contributed by atoms with Gasteiger partial charge in [-0.15, -0.1) is 0 Å². The second kappa shape index (κ2) is 5.17. The van der Waals surface area contributed by atoms with E-state index in [2.05, 4.69) is 15.5 Å². The number of carbonyl (C=O) groups excluding carboxylic acids is 1. The first-order valence-corrected chi connectivity index (χ1v) is 5.22. The topological polar surface area (TPSA) is 108 Å². The summed E-state index contributed by atoms with van der Waals surface area (Å²) in [6.45, 7) is 0.317. The number of phenols is 2. The molecule has 0 unspecified atom stereocenters. The van der Waals surface area contributed by atoms with E-state index < -0.39 is 5.91 Å². The third kappa shape index (κ3) is 2.97. The lowest BCUT2D eigenvalue weighted by molar-refractivity contribution is 0.0952. The largest absolute Gasteiger partial charge is 0.508 e. The zero-order chi connectivity index (χ0) is 13.0. The molecule has 0 spiro atoms. The lowest BCUT2D eigenvalue weighted by Crippen LogP contribution is -2.25. The van der Waals surface area contributed by atoms with Crippen LogP contribution in [0.15, 0.2) is 29.0 Å². The van der Waals surface area contributed by atoms with Crippen LogP contribution in [0, 0.1) is 0 Å². The van der Waals surface area contributed by atoms with Crippen molar-refractivity contribution < 1.29 is 19.5 Å². The van der Waals surface area contributed by atoms with Gasteiger partial charge in [-0.25, -0.2) is 0 Å². The number of carbonyl (C=O) groups is 1. The normalized spacial score (nSPS) is 10.2. The van der Waals surface area contributed by atoms with E-state index in [4.69, 9.17) is 4.52 Å². The predicted molar refractivity (Wildman–Crippen MR) is 60.1 cm³/mol. The van der Waals surface area contributed by atoms with Crippen molar-refractivity contribution >= 4 is 5.91 Å². The Labute approximate surface area is 102 Å². The molecular weight excluding hydrogens is 238 g/mol. The van der Waals surface area contributed by atoms with Crippen molar-refractivity contribution in [2.24, 2.45) is 0 Å². The van der Waals surface area contributed by atoms with Crippen LogP contribution in [0.1, 0.15) is 16.2 Å². The van der Waals surface area contributed by atoms with Crippen molar-refractivity contribution in [1.29, 1.82) is 0 Å². The van der Waals surface area contributed by atoms with Gasteiger partial charge in [0.25, 0.3) is 5.91 Å². The van der Waals surface area contributed by atoms with Gasteiger partial charge in [0.05, 0.1) is 0 Å². The van der Waals surface area contributed by atoms with Crippen LogP contribution >= 0.6 is 0 Å². The molecule has 0 aliphatic carbocycles.